The van der Waals surface area contributed by atoms with Crippen molar-refractivity contribution in [3.63, 3.8) is 0 Å². The Labute approximate surface area is 156 Å². The number of anilines is 1. The molecule has 2 amide bonds. The lowest BCUT2D eigenvalue weighted by atomic mass is 10.1. The molecule has 8 heteroatoms. The van der Waals surface area contributed by atoms with E-state index in [0.29, 0.717) is 16.1 Å². The Morgan fingerprint density at radius 3 is 2.61 bits per heavy atom. The van der Waals surface area contributed by atoms with Gasteiger partial charge in [0.1, 0.15) is 5.00 Å². The number of carbonyl (C=O) groups is 2. The Morgan fingerprint density at radius 2 is 2.00 bits per heavy atom. The highest BCUT2D eigenvalue weighted by Crippen LogP contribution is 2.31. The molecule has 0 aliphatic rings. The molecule has 0 aliphatic heterocycles. The van der Waals surface area contributed by atoms with Crippen molar-refractivity contribution in [1.29, 1.82) is 0 Å². The first-order chi connectivity index (χ1) is 10.8. The minimum Gasteiger partial charge on any atom is -0.365 e. The first-order valence-electron chi connectivity index (χ1n) is 6.57. The smallest absolute Gasteiger partial charge is 0.257 e. The van der Waals surface area contributed by atoms with Crippen LogP contribution >= 0.6 is 46.1 Å². The van der Waals surface area contributed by atoms with Crippen LogP contribution in [0, 0.1) is 17.4 Å². The fourth-order valence-electron chi connectivity index (χ4n) is 1.95. The molecule has 4 N–H and O–H groups in total. The maximum absolute atomic E-state index is 12.2. The number of benzene rings is 1. The van der Waals surface area contributed by atoms with Crippen molar-refractivity contribution in [2.24, 2.45) is 5.73 Å². The van der Waals surface area contributed by atoms with E-state index in [1.807, 2.05) is 19.9 Å². The molecule has 23 heavy (non-hydrogen) atoms. The SMILES string of the molecule is Cc1sc(NC(=S)NC(=O)c2cccc(I)c2)c(C(N)=O)c1C. The van der Waals surface area contributed by atoms with Gasteiger partial charge in [-0.25, -0.2) is 0 Å². The number of carbonyl (C=O) groups excluding carboxylic acids is 2. The zero-order valence-electron chi connectivity index (χ0n) is 12.4. The van der Waals surface area contributed by atoms with E-state index in [1.165, 1.54) is 11.3 Å². The highest BCUT2D eigenvalue weighted by atomic mass is 127. The molecule has 0 saturated heterocycles. The minimum absolute atomic E-state index is 0.123. The zero-order valence-corrected chi connectivity index (χ0v) is 16.2. The van der Waals surface area contributed by atoms with Gasteiger partial charge in [-0.15, -0.1) is 11.3 Å². The van der Waals surface area contributed by atoms with Gasteiger partial charge < -0.3 is 11.1 Å². The number of hydrogen-bond acceptors (Lipinski definition) is 4. The quantitative estimate of drug-likeness (QED) is 0.487. The molecule has 0 radical (unpaired) electrons. The average Bonchev–Trinajstić information content (AvgIpc) is 2.73. The van der Waals surface area contributed by atoms with Gasteiger partial charge in [0.15, 0.2) is 5.11 Å². The first-order valence-corrected chi connectivity index (χ1v) is 8.87. The largest absolute Gasteiger partial charge is 0.365 e. The van der Waals surface area contributed by atoms with Gasteiger partial charge in [-0.2, -0.15) is 0 Å². The summed E-state index contributed by atoms with van der Waals surface area (Å²) < 4.78 is 0.953. The number of nitrogens with two attached hydrogens (primary N) is 1. The predicted molar refractivity (Wildman–Crippen MR) is 105 cm³/mol. The van der Waals surface area contributed by atoms with E-state index in [1.54, 1.807) is 18.2 Å². The van der Waals surface area contributed by atoms with E-state index < -0.39 is 5.91 Å². The molecule has 5 nitrogen and oxygen atoms in total. The zero-order chi connectivity index (χ0) is 17.1. The predicted octanol–water partition coefficient (Wildman–Crippen LogP) is 3.20. The number of hydrogen-bond donors (Lipinski definition) is 3. The number of aryl methyl sites for hydroxylation is 1. The Hall–Kier alpha value is -1.52. The maximum atomic E-state index is 12.2. The summed E-state index contributed by atoms with van der Waals surface area (Å²) in [4.78, 5) is 24.7. The molecule has 1 aromatic carbocycles. The monoisotopic (exact) mass is 459 g/mol. The summed E-state index contributed by atoms with van der Waals surface area (Å²) in [7, 11) is 0. The van der Waals surface area contributed by atoms with Gasteiger partial charge in [-0.1, -0.05) is 6.07 Å². The molecule has 1 heterocycles. The van der Waals surface area contributed by atoms with E-state index in [9.17, 15) is 9.59 Å². The molecule has 0 unspecified atom stereocenters. The van der Waals surface area contributed by atoms with Crippen LogP contribution in [-0.2, 0) is 0 Å². The molecule has 0 spiro atoms. The number of primary amides is 1. The summed E-state index contributed by atoms with van der Waals surface area (Å²) in [6, 6.07) is 7.15. The van der Waals surface area contributed by atoms with Crippen molar-refractivity contribution in [2.75, 3.05) is 5.32 Å². The Bertz CT molecular complexity index is 802. The molecule has 0 aliphatic carbocycles. The molecule has 0 fully saturated rings. The number of thiocarbonyl (C=S) groups is 1. The molecule has 120 valence electrons. The second kappa shape index (κ2) is 7.37. The van der Waals surface area contributed by atoms with Crippen molar-refractivity contribution in [3.05, 3.63) is 49.4 Å². The van der Waals surface area contributed by atoms with Crippen LogP contribution in [0.5, 0.6) is 0 Å². The lowest BCUT2D eigenvalue weighted by Crippen LogP contribution is -2.34. The Kier molecular flexibility index (Phi) is 5.71. The summed E-state index contributed by atoms with van der Waals surface area (Å²) in [6.45, 7) is 3.72. The number of halogens is 1. The summed E-state index contributed by atoms with van der Waals surface area (Å²) >= 11 is 8.66. The molecule has 2 rings (SSSR count). The molecule has 0 bridgehead atoms. The number of thiophene rings is 1. The molecule has 1 aromatic heterocycles. The fraction of sp³-hybridized carbons (Fsp3) is 0.133. The lowest BCUT2D eigenvalue weighted by Gasteiger charge is -2.09. The summed E-state index contributed by atoms with van der Waals surface area (Å²) in [5, 5.41) is 6.15. The van der Waals surface area contributed by atoms with Gasteiger partial charge in [-0.3, -0.25) is 14.9 Å². The van der Waals surface area contributed by atoms with Gasteiger partial charge in [0, 0.05) is 14.0 Å². The molecular weight excluding hydrogens is 445 g/mol. The van der Waals surface area contributed by atoms with Crippen LogP contribution in [-0.4, -0.2) is 16.9 Å². The van der Waals surface area contributed by atoms with Crippen LogP contribution in [0.2, 0.25) is 0 Å². The van der Waals surface area contributed by atoms with Crippen LogP contribution in [0.3, 0.4) is 0 Å². The van der Waals surface area contributed by atoms with E-state index >= 15 is 0 Å². The third kappa shape index (κ3) is 4.27. The standard InChI is InChI=1S/C15H14IN3O2S2/c1-7-8(2)23-14(11(7)12(17)20)19-15(22)18-13(21)9-4-3-5-10(16)6-9/h3-6H,1-2H3,(H2,17,20)(H2,18,19,21,22). The van der Waals surface area contributed by atoms with Gasteiger partial charge >= 0.3 is 0 Å². The van der Waals surface area contributed by atoms with Crippen molar-refractivity contribution < 1.29 is 9.59 Å². The Morgan fingerprint density at radius 1 is 1.30 bits per heavy atom. The maximum Gasteiger partial charge on any atom is 0.257 e. The first kappa shape index (κ1) is 17.8. The normalized spacial score (nSPS) is 10.2. The van der Waals surface area contributed by atoms with E-state index in [0.717, 1.165) is 14.0 Å². The molecule has 2 aromatic rings. The number of amides is 2. The number of nitrogens with one attached hydrogen (secondary N) is 2. The van der Waals surface area contributed by atoms with E-state index in [4.69, 9.17) is 18.0 Å². The third-order valence-corrected chi connectivity index (χ3v) is 5.17. The van der Waals surface area contributed by atoms with E-state index in [-0.39, 0.29) is 11.0 Å². The molecule has 0 saturated carbocycles. The van der Waals surface area contributed by atoms with Crippen LogP contribution in [0.25, 0.3) is 0 Å². The molecular formula is C15H14IN3O2S2. The topological polar surface area (TPSA) is 84.2 Å². The van der Waals surface area contributed by atoms with Crippen LogP contribution in [0.1, 0.15) is 31.2 Å². The van der Waals surface area contributed by atoms with Gasteiger partial charge in [0.2, 0.25) is 0 Å². The molecule has 0 atom stereocenters. The van der Waals surface area contributed by atoms with Crippen LogP contribution in [0.15, 0.2) is 24.3 Å². The minimum atomic E-state index is -0.527. The van der Waals surface area contributed by atoms with Crippen molar-refractivity contribution in [2.45, 2.75) is 13.8 Å². The number of rotatable bonds is 3. The fourth-order valence-corrected chi connectivity index (χ4v) is 3.82. The highest BCUT2D eigenvalue weighted by Gasteiger charge is 2.18. The second-order valence-electron chi connectivity index (χ2n) is 4.77. The summed E-state index contributed by atoms with van der Waals surface area (Å²) in [5.74, 6) is -0.840. The second-order valence-corrected chi connectivity index (χ2v) is 7.65. The van der Waals surface area contributed by atoms with Crippen LogP contribution < -0.4 is 16.4 Å². The van der Waals surface area contributed by atoms with Crippen LogP contribution in [0.4, 0.5) is 5.00 Å². The summed E-state index contributed by atoms with van der Waals surface area (Å²) in [5.41, 5.74) is 7.14. The Balaban J connectivity index is 2.13. The highest BCUT2D eigenvalue weighted by molar-refractivity contribution is 14.1. The van der Waals surface area contributed by atoms with Gasteiger partial charge in [0.05, 0.1) is 5.56 Å². The van der Waals surface area contributed by atoms with Crippen molar-refractivity contribution in [1.82, 2.24) is 5.32 Å². The third-order valence-electron chi connectivity index (χ3n) is 3.17. The summed E-state index contributed by atoms with van der Waals surface area (Å²) in [6.07, 6.45) is 0. The van der Waals surface area contributed by atoms with Crippen molar-refractivity contribution >= 4 is 68.1 Å². The van der Waals surface area contributed by atoms with Gasteiger partial charge in [-0.05, 0) is 72.4 Å². The van der Waals surface area contributed by atoms with Gasteiger partial charge in [0.25, 0.3) is 11.8 Å². The van der Waals surface area contributed by atoms with Crippen molar-refractivity contribution in [3.8, 4) is 0 Å². The lowest BCUT2D eigenvalue weighted by molar-refractivity contribution is 0.0975. The average molecular weight is 459 g/mol. The van der Waals surface area contributed by atoms with E-state index in [2.05, 4.69) is 33.2 Å².